The highest BCUT2D eigenvalue weighted by molar-refractivity contribution is 5.76. The van der Waals surface area contributed by atoms with E-state index in [9.17, 15) is 4.79 Å². The summed E-state index contributed by atoms with van der Waals surface area (Å²) < 4.78 is 11.9. The number of rotatable bonds is 5. The summed E-state index contributed by atoms with van der Waals surface area (Å²) in [5.41, 5.74) is 1.19. The molecule has 1 atom stereocenters. The van der Waals surface area contributed by atoms with Crippen LogP contribution in [0.3, 0.4) is 0 Å². The molecule has 1 aliphatic carbocycles. The maximum Gasteiger partial charge on any atom is 0.220 e. The third kappa shape index (κ3) is 4.08. The van der Waals surface area contributed by atoms with Crippen LogP contribution in [0.25, 0.3) is 0 Å². The Morgan fingerprint density at radius 1 is 1.18 bits per heavy atom. The van der Waals surface area contributed by atoms with E-state index in [4.69, 9.17) is 9.47 Å². The molecule has 1 N–H and O–H groups in total. The maximum atomic E-state index is 11.9. The largest absolute Gasteiger partial charge is 0.353 e. The molecule has 1 unspecified atom stereocenters. The zero-order valence-corrected chi connectivity index (χ0v) is 13.1. The maximum absolute atomic E-state index is 11.9. The Kier molecular flexibility index (Phi) is 5.11. The predicted octanol–water partition coefficient (Wildman–Crippen LogP) is 2.81. The lowest BCUT2D eigenvalue weighted by atomic mass is 9.94. The van der Waals surface area contributed by atoms with Gasteiger partial charge < -0.3 is 14.8 Å². The number of aryl methyl sites for hydroxylation is 1. The average Bonchev–Trinajstić information content (AvgIpc) is 2.95. The van der Waals surface area contributed by atoms with Crippen molar-refractivity contribution in [3.8, 4) is 0 Å². The van der Waals surface area contributed by atoms with Gasteiger partial charge in [-0.05, 0) is 24.8 Å². The molecule has 0 bridgehead atoms. The number of nitrogens with one attached hydrogen (secondary N) is 1. The van der Waals surface area contributed by atoms with Crippen LogP contribution < -0.4 is 5.32 Å². The Morgan fingerprint density at radius 2 is 1.95 bits per heavy atom. The van der Waals surface area contributed by atoms with Crippen LogP contribution in [0.1, 0.15) is 44.1 Å². The zero-order chi connectivity index (χ0) is 15.3. The molecule has 2 aliphatic rings. The number of hydrogen-bond donors (Lipinski definition) is 1. The molecule has 22 heavy (non-hydrogen) atoms. The second-order valence-electron chi connectivity index (χ2n) is 6.31. The van der Waals surface area contributed by atoms with Crippen LogP contribution in [-0.2, 0) is 20.7 Å². The fraction of sp³-hybridized carbons (Fsp3) is 0.611. The molecule has 1 amide bonds. The van der Waals surface area contributed by atoms with Gasteiger partial charge in [0, 0.05) is 25.8 Å². The predicted molar refractivity (Wildman–Crippen MR) is 84.4 cm³/mol. The molecule has 4 nitrogen and oxygen atoms in total. The van der Waals surface area contributed by atoms with E-state index in [2.05, 4.69) is 5.32 Å². The lowest BCUT2D eigenvalue weighted by Gasteiger charge is -2.31. The monoisotopic (exact) mass is 303 g/mol. The fourth-order valence-electron chi connectivity index (χ4n) is 3.29. The zero-order valence-electron chi connectivity index (χ0n) is 13.1. The van der Waals surface area contributed by atoms with E-state index >= 15 is 0 Å². The summed E-state index contributed by atoms with van der Waals surface area (Å²) in [6, 6.07) is 10.1. The van der Waals surface area contributed by atoms with Crippen molar-refractivity contribution in [2.45, 2.75) is 56.8 Å². The van der Waals surface area contributed by atoms with Gasteiger partial charge in [-0.25, -0.2) is 0 Å². The van der Waals surface area contributed by atoms with E-state index in [1.165, 1.54) is 24.8 Å². The van der Waals surface area contributed by atoms with Crippen molar-refractivity contribution in [2.75, 3.05) is 13.2 Å². The van der Waals surface area contributed by atoms with Crippen LogP contribution >= 0.6 is 0 Å². The van der Waals surface area contributed by atoms with E-state index < -0.39 is 0 Å². The van der Waals surface area contributed by atoms with Crippen molar-refractivity contribution in [1.82, 2.24) is 5.32 Å². The second-order valence-corrected chi connectivity index (χ2v) is 6.31. The number of amides is 1. The summed E-state index contributed by atoms with van der Waals surface area (Å²) >= 11 is 0. The van der Waals surface area contributed by atoms with E-state index in [0.29, 0.717) is 19.6 Å². The number of carbonyl (C=O) groups excluding carboxylic acids is 1. The quantitative estimate of drug-likeness (QED) is 0.910. The van der Waals surface area contributed by atoms with Crippen molar-refractivity contribution in [3.05, 3.63) is 35.9 Å². The lowest BCUT2D eigenvalue weighted by Crippen LogP contribution is -2.37. The highest BCUT2D eigenvalue weighted by atomic mass is 16.7. The molecule has 1 aliphatic heterocycles. The number of benzene rings is 1. The number of hydrogen-bond acceptors (Lipinski definition) is 3. The molecule has 1 aromatic rings. The summed E-state index contributed by atoms with van der Waals surface area (Å²) in [6.45, 7) is 1.15. The van der Waals surface area contributed by atoms with Crippen LogP contribution in [0.15, 0.2) is 30.3 Å². The standard InChI is InChI=1S/C18H25NO3/c20-17(10-9-15-7-3-1-4-8-15)19-13-16-14-21-18(22-16)11-5-2-6-12-18/h1,3-4,7-8,16H,2,5-6,9-14H2,(H,19,20). The number of carbonyl (C=O) groups is 1. The first-order chi connectivity index (χ1) is 10.8. The smallest absolute Gasteiger partial charge is 0.220 e. The molecular formula is C18H25NO3. The summed E-state index contributed by atoms with van der Waals surface area (Å²) in [7, 11) is 0. The van der Waals surface area contributed by atoms with Crippen molar-refractivity contribution < 1.29 is 14.3 Å². The van der Waals surface area contributed by atoms with E-state index in [-0.39, 0.29) is 17.8 Å². The van der Waals surface area contributed by atoms with Gasteiger partial charge in [-0.1, -0.05) is 36.8 Å². The summed E-state index contributed by atoms with van der Waals surface area (Å²) in [6.07, 6.45) is 6.90. The first-order valence-electron chi connectivity index (χ1n) is 8.38. The van der Waals surface area contributed by atoms with Crippen LogP contribution in [0.4, 0.5) is 0 Å². The summed E-state index contributed by atoms with van der Waals surface area (Å²) in [5, 5.41) is 2.97. The van der Waals surface area contributed by atoms with Crippen LogP contribution in [0.5, 0.6) is 0 Å². The van der Waals surface area contributed by atoms with Gasteiger partial charge in [-0.3, -0.25) is 4.79 Å². The second kappa shape index (κ2) is 7.25. The molecule has 1 aromatic carbocycles. The molecule has 0 radical (unpaired) electrons. The Hall–Kier alpha value is -1.39. The van der Waals surface area contributed by atoms with Crippen molar-refractivity contribution in [1.29, 1.82) is 0 Å². The molecule has 1 saturated carbocycles. The van der Waals surface area contributed by atoms with Gasteiger partial charge in [0.1, 0.15) is 6.10 Å². The minimum Gasteiger partial charge on any atom is -0.353 e. The first-order valence-corrected chi connectivity index (χ1v) is 8.38. The topological polar surface area (TPSA) is 47.6 Å². The minimum atomic E-state index is -0.350. The average molecular weight is 303 g/mol. The fourth-order valence-corrected chi connectivity index (χ4v) is 3.29. The normalized spacial score (nSPS) is 23.5. The third-order valence-corrected chi connectivity index (χ3v) is 4.54. The third-order valence-electron chi connectivity index (χ3n) is 4.54. The highest BCUT2D eigenvalue weighted by Gasteiger charge is 2.42. The highest BCUT2D eigenvalue weighted by Crippen LogP contribution is 2.37. The Balaban J connectivity index is 1.37. The molecule has 1 saturated heterocycles. The van der Waals surface area contributed by atoms with Gasteiger partial charge in [0.2, 0.25) is 5.91 Å². The molecule has 3 rings (SSSR count). The molecule has 2 fully saturated rings. The van der Waals surface area contributed by atoms with E-state index in [1.807, 2.05) is 30.3 Å². The van der Waals surface area contributed by atoms with Gasteiger partial charge in [0.25, 0.3) is 0 Å². The Bertz CT molecular complexity index is 482. The van der Waals surface area contributed by atoms with Crippen molar-refractivity contribution in [3.63, 3.8) is 0 Å². The summed E-state index contributed by atoms with van der Waals surface area (Å²) in [4.78, 5) is 11.9. The van der Waals surface area contributed by atoms with Crippen molar-refractivity contribution in [2.24, 2.45) is 0 Å². The molecule has 1 spiro atoms. The Labute approximate surface area is 132 Å². The van der Waals surface area contributed by atoms with Gasteiger partial charge >= 0.3 is 0 Å². The van der Waals surface area contributed by atoms with Crippen LogP contribution in [-0.4, -0.2) is 30.9 Å². The minimum absolute atomic E-state index is 0.00113. The van der Waals surface area contributed by atoms with Gasteiger partial charge in [-0.2, -0.15) is 0 Å². The van der Waals surface area contributed by atoms with Crippen molar-refractivity contribution >= 4 is 5.91 Å². The molecule has 4 heteroatoms. The molecule has 0 aromatic heterocycles. The lowest BCUT2D eigenvalue weighted by molar-refractivity contribution is -0.186. The first kappa shape index (κ1) is 15.5. The van der Waals surface area contributed by atoms with Gasteiger partial charge in [0.05, 0.1) is 6.61 Å². The van der Waals surface area contributed by atoms with E-state index in [1.54, 1.807) is 0 Å². The molecule has 1 heterocycles. The SMILES string of the molecule is O=C(CCc1ccccc1)NCC1COC2(CCCCC2)O1. The number of ether oxygens (including phenoxy) is 2. The van der Waals surface area contributed by atoms with E-state index in [0.717, 1.165) is 19.3 Å². The van der Waals surface area contributed by atoms with Gasteiger partial charge in [-0.15, -0.1) is 0 Å². The molecular weight excluding hydrogens is 278 g/mol. The van der Waals surface area contributed by atoms with Crippen LogP contribution in [0, 0.1) is 0 Å². The molecule has 120 valence electrons. The Morgan fingerprint density at radius 3 is 2.73 bits per heavy atom. The van der Waals surface area contributed by atoms with Gasteiger partial charge in [0.15, 0.2) is 5.79 Å². The summed E-state index contributed by atoms with van der Waals surface area (Å²) in [5.74, 6) is -0.269. The van der Waals surface area contributed by atoms with Crippen LogP contribution in [0.2, 0.25) is 0 Å².